The second-order valence-corrected chi connectivity index (χ2v) is 3.30. The van der Waals surface area contributed by atoms with Crippen LogP contribution in [0.4, 0.5) is 0 Å². The highest BCUT2D eigenvalue weighted by Crippen LogP contribution is 2.28. The Labute approximate surface area is 88.4 Å². The maximum atomic E-state index is 9.06. The maximum absolute atomic E-state index is 9.06. The molecule has 0 unspecified atom stereocenters. The van der Waals surface area contributed by atoms with Gasteiger partial charge in [0, 0.05) is 11.1 Å². The molecule has 1 heterocycles. The van der Waals surface area contributed by atoms with Crippen LogP contribution in [0.15, 0.2) is 18.2 Å². The fraction of sp³-hybridized carbons (Fsp3) is 0.455. The number of benzene rings is 1. The van der Waals surface area contributed by atoms with Crippen molar-refractivity contribution in [3.05, 3.63) is 29.3 Å². The Hall–Kier alpha value is -1.10. The molecule has 0 saturated carbocycles. The molecule has 15 heavy (non-hydrogen) atoms. The summed E-state index contributed by atoms with van der Waals surface area (Å²) in [5, 5.41) is 9.06. The summed E-state index contributed by atoms with van der Waals surface area (Å²) < 4.78 is 15.9. The molecule has 4 nitrogen and oxygen atoms in total. The van der Waals surface area contributed by atoms with Gasteiger partial charge in [-0.2, -0.15) is 0 Å². The van der Waals surface area contributed by atoms with Crippen molar-refractivity contribution in [2.45, 2.75) is 12.9 Å². The van der Waals surface area contributed by atoms with Crippen molar-refractivity contribution in [2.75, 3.05) is 20.3 Å². The molecule has 1 aromatic carbocycles. The molecular formula is C11H14O4. The van der Waals surface area contributed by atoms with Gasteiger partial charge in [0.1, 0.15) is 5.75 Å². The van der Waals surface area contributed by atoms with Gasteiger partial charge in [-0.25, -0.2) is 0 Å². The lowest BCUT2D eigenvalue weighted by atomic mass is 10.1. The van der Waals surface area contributed by atoms with Gasteiger partial charge >= 0.3 is 0 Å². The Morgan fingerprint density at radius 1 is 1.40 bits per heavy atom. The normalized spacial score (nSPS) is 16.9. The number of aliphatic hydroxyl groups excluding tert-OH is 1. The fourth-order valence-electron chi connectivity index (χ4n) is 1.59. The molecule has 0 bridgehead atoms. The molecule has 0 atom stereocenters. The predicted octanol–water partition coefficient (Wildman–Crippen LogP) is 1.23. The van der Waals surface area contributed by atoms with Crippen LogP contribution >= 0.6 is 0 Å². The molecule has 1 aliphatic heterocycles. The smallest absolute Gasteiger partial charge is 0.184 e. The van der Waals surface area contributed by atoms with Crippen LogP contribution < -0.4 is 4.74 Å². The van der Waals surface area contributed by atoms with E-state index in [9.17, 15) is 0 Å². The summed E-state index contributed by atoms with van der Waals surface area (Å²) in [5.74, 6) is 0.661. The quantitative estimate of drug-likeness (QED) is 0.815. The minimum atomic E-state index is -0.299. The van der Waals surface area contributed by atoms with E-state index in [1.165, 1.54) is 0 Å². The highest BCUT2D eigenvalue weighted by Gasteiger charge is 2.19. The van der Waals surface area contributed by atoms with Crippen molar-refractivity contribution < 1.29 is 19.3 Å². The number of aliphatic hydroxyl groups is 1. The fourth-order valence-corrected chi connectivity index (χ4v) is 1.59. The minimum Gasteiger partial charge on any atom is -0.496 e. The summed E-state index contributed by atoms with van der Waals surface area (Å²) in [6, 6.07) is 5.53. The van der Waals surface area contributed by atoms with E-state index in [4.69, 9.17) is 19.3 Å². The van der Waals surface area contributed by atoms with Crippen molar-refractivity contribution in [1.82, 2.24) is 0 Å². The van der Waals surface area contributed by atoms with E-state index in [0.717, 1.165) is 11.1 Å². The first-order chi connectivity index (χ1) is 7.35. The standard InChI is InChI=1S/C11H14O4/c1-13-10-6-8(2-3-9(10)7-12)11-14-4-5-15-11/h2-3,6,11-12H,4-5,7H2,1H3. The summed E-state index contributed by atoms with van der Waals surface area (Å²) in [6.07, 6.45) is -0.299. The van der Waals surface area contributed by atoms with E-state index in [1.807, 2.05) is 18.2 Å². The van der Waals surface area contributed by atoms with E-state index >= 15 is 0 Å². The molecule has 1 aromatic rings. The van der Waals surface area contributed by atoms with Crippen molar-refractivity contribution in [3.8, 4) is 5.75 Å². The van der Waals surface area contributed by atoms with Crippen molar-refractivity contribution >= 4 is 0 Å². The third-order valence-corrected chi connectivity index (χ3v) is 2.38. The molecule has 0 radical (unpaired) electrons. The maximum Gasteiger partial charge on any atom is 0.184 e. The third-order valence-electron chi connectivity index (χ3n) is 2.38. The molecule has 1 aliphatic rings. The highest BCUT2D eigenvalue weighted by molar-refractivity contribution is 5.37. The lowest BCUT2D eigenvalue weighted by molar-refractivity contribution is -0.0442. The number of hydrogen-bond donors (Lipinski definition) is 1. The SMILES string of the molecule is COc1cc(C2OCCO2)ccc1CO. The van der Waals surface area contributed by atoms with Gasteiger partial charge < -0.3 is 19.3 Å². The molecule has 0 spiro atoms. The summed E-state index contributed by atoms with van der Waals surface area (Å²) in [4.78, 5) is 0. The van der Waals surface area contributed by atoms with Gasteiger partial charge in [0.25, 0.3) is 0 Å². The zero-order chi connectivity index (χ0) is 10.7. The average molecular weight is 210 g/mol. The van der Waals surface area contributed by atoms with Gasteiger partial charge in [-0.05, 0) is 6.07 Å². The number of hydrogen-bond acceptors (Lipinski definition) is 4. The van der Waals surface area contributed by atoms with E-state index in [-0.39, 0.29) is 12.9 Å². The van der Waals surface area contributed by atoms with E-state index in [0.29, 0.717) is 19.0 Å². The Morgan fingerprint density at radius 3 is 2.73 bits per heavy atom. The van der Waals surface area contributed by atoms with Crippen LogP contribution in [-0.2, 0) is 16.1 Å². The van der Waals surface area contributed by atoms with Crippen LogP contribution in [0, 0.1) is 0 Å². The molecular weight excluding hydrogens is 196 g/mol. The van der Waals surface area contributed by atoms with Gasteiger partial charge in [-0.1, -0.05) is 12.1 Å². The van der Waals surface area contributed by atoms with Crippen molar-refractivity contribution in [3.63, 3.8) is 0 Å². The minimum absolute atomic E-state index is 0.0319. The topological polar surface area (TPSA) is 47.9 Å². The average Bonchev–Trinajstić information content (AvgIpc) is 2.81. The van der Waals surface area contributed by atoms with Crippen LogP contribution in [0.1, 0.15) is 17.4 Å². The summed E-state index contributed by atoms with van der Waals surface area (Å²) >= 11 is 0. The second-order valence-electron chi connectivity index (χ2n) is 3.30. The van der Waals surface area contributed by atoms with Gasteiger partial charge in [0.05, 0.1) is 26.9 Å². The molecule has 2 rings (SSSR count). The molecule has 0 amide bonds. The van der Waals surface area contributed by atoms with Gasteiger partial charge in [-0.15, -0.1) is 0 Å². The van der Waals surface area contributed by atoms with E-state index in [2.05, 4.69) is 0 Å². The first-order valence-corrected chi connectivity index (χ1v) is 4.86. The number of rotatable bonds is 3. The van der Waals surface area contributed by atoms with Gasteiger partial charge in [0.2, 0.25) is 0 Å². The summed E-state index contributed by atoms with van der Waals surface area (Å²) in [6.45, 7) is 1.21. The van der Waals surface area contributed by atoms with Crippen LogP contribution in [0.2, 0.25) is 0 Å². The van der Waals surface area contributed by atoms with Crippen LogP contribution in [0.5, 0.6) is 5.75 Å². The Bertz CT molecular complexity index is 331. The third kappa shape index (κ3) is 2.12. The molecule has 4 heteroatoms. The second kappa shape index (κ2) is 4.61. The highest BCUT2D eigenvalue weighted by atomic mass is 16.7. The largest absolute Gasteiger partial charge is 0.496 e. The van der Waals surface area contributed by atoms with E-state index in [1.54, 1.807) is 7.11 Å². The Morgan fingerprint density at radius 2 is 2.13 bits per heavy atom. The number of methoxy groups -OCH3 is 1. The molecule has 1 N–H and O–H groups in total. The van der Waals surface area contributed by atoms with Crippen LogP contribution in [0.25, 0.3) is 0 Å². The Kier molecular flexibility index (Phi) is 3.20. The molecule has 1 saturated heterocycles. The van der Waals surface area contributed by atoms with Gasteiger partial charge in [-0.3, -0.25) is 0 Å². The zero-order valence-electron chi connectivity index (χ0n) is 8.60. The van der Waals surface area contributed by atoms with Crippen LogP contribution in [0.3, 0.4) is 0 Å². The molecule has 1 fully saturated rings. The lowest BCUT2D eigenvalue weighted by Crippen LogP contribution is -2.00. The van der Waals surface area contributed by atoms with Crippen LogP contribution in [-0.4, -0.2) is 25.4 Å². The lowest BCUT2D eigenvalue weighted by Gasteiger charge is -2.12. The van der Waals surface area contributed by atoms with Gasteiger partial charge in [0.15, 0.2) is 6.29 Å². The molecule has 0 aromatic heterocycles. The van der Waals surface area contributed by atoms with E-state index < -0.39 is 0 Å². The van der Waals surface area contributed by atoms with Crippen molar-refractivity contribution in [2.24, 2.45) is 0 Å². The zero-order valence-corrected chi connectivity index (χ0v) is 8.60. The summed E-state index contributed by atoms with van der Waals surface area (Å²) in [5.41, 5.74) is 1.68. The summed E-state index contributed by atoms with van der Waals surface area (Å²) in [7, 11) is 1.58. The predicted molar refractivity (Wildman–Crippen MR) is 53.6 cm³/mol. The monoisotopic (exact) mass is 210 g/mol. The number of ether oxygens (including phenoxy) is 3. The Balaban J connectivity index is 2.25. The molecule has 0 aliphatic carbocycles. The first-order valence-electron chi connectivity index (χ1n) is 4.86. The first kappa shape index (κ1) is 10.4. The van der Waals surface area contributed by atoms with Crippen molar-refractivity contribution in [1.29, 1.82) is 0 Å². The molecule has 82 valence electrons.